The number of amides is 2. The fourth-order valence-electron chi connectivity index (χ4n) is 3.21. The first kappa shape index (κ1) is 25.2. The van der Waals surface area contributed by atoms with Crippen molar-refractivity contribution in [3.8, 4) is 5.75 Å². The van der Waals surface area contributed by atoms with Crippen molar-refractivity contribution in [1.29, 1.82) is 0 Å². The van der Waals surface area contributed by atoms with Crippen LogP contribution in [0.3, 0.4) is 0 Å². The van der Waals surface area contributed by atoms with Crippen molar-refractivity contribution in [3.63, 3.8) is 0 Å². The molecule has 4 rings (SSSR count). The number of halogens is 3. The van der Waals surface area contributed by atoms with E-state index in [4.69, 9.17) is 27.9 Å². The Morgan fingerprint density at radius 3 is 2.46 bits per heavy atom. The fourth-order valence-corrected chi connectivity index (χ4v) is 5.02. The molecule has 178 valence electrons. The van der Waals surface area contributed by atoms with Gasteiger partial charge in [-0.05, 0) is 69.2 Å². The summed E-state index contributed by atoms with van der Waals surface area (Å²) < 4.78 is 6.51. The maximum atomic E-state index is 12.8. The number of thioether (sulfide) groups is 1. The van der Waals surface area contributed by atoms with Gasteiger partial charge in [0.1, 0.15) is 12.4 Å². The van der Waals surface area contributed by atoms with Crippen LogP contribution in [0.5, 0.6) is 5.75 Å². The van der Waals surface area contributed by atoms with Crippen molar-refractivity contribution < 1.29 is 19.2 Å². The molecule has 0 N–H and O–H groups in total. The van der Waals surface area contributed by atoms with Crippen LogP contribution in [0, 0.1) is 10.1 Å². The van der Waals surface area contributed by atoms with Crippen LogP contribution in [-0.2, 0) is 17.9 Å². The minimum Gasteiger partial charge on any atom is -0.488 e. The summed E-state index contributed by atoms with van der Waals surface area (Å²) in [7, 11) is 0. The molecule has 1 aliphatic heterocycles. The van der Waals surface area contributed by atoms with E-state index in [0.29, 0.717) is 31.4 Å². The second-order valence-corrected chi connectivity index (χ2v) is 10.1. The topological polar surface area (TPSA) is 89.8 Å². The summed E-state index contributed by atoms with van der Waals surface area (Å²) in [5, 5.41) is 11.5. The first-order valence-corrected chi connectivity index (χ1v) is 12.4. The number of hydrogen-bond acceptors (Lipinski definition) is 6. The summed E-state index contributed by atoms with van der Waals surface area (Å²) in [5.41, 5.74) is 2.05. The second kappa shape index (κ2) is 10.8. The molecule has 35 heavy (non-hydrogen) atoms. The number of rotatable bonds is 7. The van der Waals surface area contributed by atoms with Gasteiger partial charge in [-0.15, -0.1) is 0 Å². The third kappa shape index (κ3) is 6.05. The zero-order chi connectivity index (χ0) is 25.1. The summed E-state index contributed by atoms with van der Waals surface area (Å²) in [6.07, 6.45) is 1.63. The van der Waals surface area contributed by atoms with Crippen LogP contribution in [0.15, 0.2) is 70.0 Å². The van der Waals surface area contributed by atoms with Crippen molar-refractivity contribution in [2.75, 3.05) is 0 Å². The van der Waals surface area contributed by atoms with E-state index >= 15 is 0 Å². The molecular weight excluding hydrogens is 579 g/mol. The smallest absolute Gasteiger partial charge is 0.293 e. The van der Waals surface area contributed by atoms with Crippen LogP contribution >= 0.6 is 50.9 Å². The standard InChI is InChI=1S/C24H15BrCl2N2O5S/c25-19-9-15(3-8-21(19)34-13-16-4-5-17(26)11-20(16)27)10-22-23(30)28(24(31)35-22)12-14-1-6-18(7-2-14)29(32)33/h1-11H,12-13H2. The van der Waals surface area contributed by atoms with Crippen molar-refractivity contribution in [1.82, 2.24) is 4.90 Å². The molecule has 1 heterocycles. The van der Waals surface area contributed by atoms with Crippen molar-refractivity contribution in [2.45, 2.75) is 13.2 Å². The number of carbonyl (C=O) groups excluding carboxylic acids is 2. The molecule has 0 atom stereocenters. The predicted octanol–water partition coefficient (Wildman–Crippen LogP) is 7.48. The lowest BCUT2D eigenvalue weighted by atomic mass is 10.2. The number of imide groups is 1. The lowest BCUT2D eigenvalue weighted by Crippen LogP contribution is -2.27. The molecule has 2 amide bonds. The highest BCUT2D eigenvalue weighted by atomic mass is 79.9. The molecule has 11 heteroatoms. The van der Waals surface area contributed by atoms with Crippen molar-refractivity contribution in [3.05, 3.63) is 107 Å². The molecule has 3 aromatic rings. The molecule has 1 aliphatic rings. The molecule has 7 nitrogen and oxygen atoms in total. The van der Waals surface area contributed by atoms with E-state index in [1.165, 1.54) is 24.3 Å². The number of carbonyl (C=O) groups is 2. The van der Waals surface area contributed by atoms with Crippen LogP contribution in [0.2, 0.25) is 10.0 Å². The molecule has 0 spiro atoms. The normalized spacial score (nSPS) is 14.6. The quantitative estimate of drug-likeness (QED) is 0.160. The van der Waals surface area contributed by atoms with E-state index in [1.807, 2.05) is 0 Å². The number of benzene rings is 3. The molecule has 0 aromatic heterocycles. The van der Waals surface area contributed by atoms with Gasteiger partial charge in [0, 0.05) is 27.7 Å². The summed E-state index contributed by atoms with van der Waals surface area (Å²) in [6.45, 7) is 0.277. The van der Waals surface area contributed by atoms with Gasteiger partial charge in [-0.2, -0.15) is 0 Å². The zero-order valence-electron chi connectivity index (χ0n) is 17.7. The van der Waals surface area contributed by atoms with Gasteiger partial charge in [-0.3, -0.25) is 24.6 Å². The average Bonchev–Trinajstić information content (AvgIpc) is 3.07. The summed E-state index contributed by atoms with van der Waals surface area (Å²) in [5.74, 6) is 0.159. The van der Waals surface area contributed by atoms with Gasteiger partial charge in [-0.1, -0.05) is 47.5 Å². The Hall–Kier alpha value is -2.85. The fraction of sp³-hybridized carbons (Fsp3) is 0.0833. The third-order valence-electron chi connectivity index (χ3n) is 5.01. The Morgan fingerprint density at radius 2 is 1.80 bits per heavy atom. The van der Waals surface area contributed by atoms with Gasteiger partial charge >= 0.3 is 0 Å². The van der Waals surface area contributed by atoms with E-state index in [1.54, 1.807) is 42.5 Å². The third-order valence-corrected chi connectivity index (χ3v) is 7.13. The summed E-state index contributed by atoms with van der Waals surface area (Å²) >= 11 is 16.4. The van der Waals surface area contributed by atoms with Crippen LogP contribution in [0.25, 0.3) is 6.08 Å². The predicted molar refractivity (Wildman–Crippen MR) is 140 cm³/mol. The SMILES string of the molecule is O=C1SC(=Cc2ccc(OCc3ccc(Cl)cc3Cl)c(Br)c2)C(=O)N1Cc1ccc([N+](=O)[O-])cc1. The van der Waals surface area contributed by atoms with E-state index < -0.39 is 16.1 Å². The van der Waals surface area contributed by atoms with E-state index in [0.717, 1.165) is 22.2 Å². The average molecular weight is 594 g/mol. The lowest BCUT2D eigenvalue weighted by molar-refractivity contribution is -0.384. The number of ether oxygens (including phenoxy) is 1. The number of nitro benzene ring substituents is 1. The van der Waals surface area contributed by atoms with Gasteiger partial charge in [-0.25, -0.2) is 0 Å². The Balaban J connectivity index is 1.44. The highest BCUT2D eigenvalue weighted by Gasteiger charge is 2.35. The lowest BCUT2D eigenvalue weighted by Gasteiger charge is -2.12. The van der Waals surface area contributed by atoms with Crippen molar-refractivity contribution in [2.24, 2.45) is 0 Å². The summed E-state index contributed by atoms with van der Waals surface area (Å²) in [4.78, 5) is 36.9. The Morgan fingerprint density at radius 1 is 1.06 bits per heavy atom. The monoisotopic (exact) mass is 592 g/mol. The van der Waals surface area contributed by atoms with Gasteiger partial charge < -0.3 is 4.74 Å². The Bertz CT molecular complexity index is 1360. The minimum absolute atomic E-state index is 0.0315. The maximum absolute atomic E-state index is 12.8. The molecule has 3 aromatic carbocycles. The largest absolute Gasteiger partial charge is 0.488 e. The second-order valence-electron chi connectivity index (χ2n) is 7.41. The van der Waals surface area contributed by atoms with E-state index in [2.05, 4.69) is 15.9 Å². The number of nitrogens with zero attached hydrogens (tertiary/aromatic N) is 2. The van der Waals surface area contributed by atoms with Crippen LogP contribution < -0.4 is 4.74 Å². The molecule has 1 saturated heterocycles. The molecule has 0 unspecified atom stereocenters. The molecule has 0 aliphatic carbocycles. The van der Waals surface area contributed by atoms with Crippen LogP contribution in [-0.4, -0.2) is 21.0 Å². The van der Waals surface area contributed by atoms with Crippen LogP contribution in [0.1, 0.15) is 16.7 Å². The number of nitro groups is 1. The zero-order valence-corrected chi connectivity index (χ0v) is 21.7. The molecule has 0 saturated carbocycles. The van der Waals surface area contributed by atoms with Gasteiger partial charge in [0.05, 0.1) is 20.8 Å². The van der Waals surface area contributed by atoms with Gasteiger partial charge in [0.2, 0.25) is 0 Å². The highest BCUT2D eigenvalue weighted by molar-refractivity contribution is 9.10. The first-order valence-electron chi connectivity index (χ1n) is 10.1. The van der Waals surface area contributed by atoms with Gasteiger partial charge in [0.15, 0.2) is 0 Å². The van der Waals surface area contributed by atoms with Crippen molar-refractivity contribution >= 4 is 73.8 Å². The number of hydrogen-bond donors (Lipinski definition) is 0. The Labute approximate surface area is 222 Å². The van der Waals surface area contributed by atoms with Crippen LogP contribution in [0.4, 0.5) is 10.5 Å². The minimum atomic E-state index is -0.506. The van der Waals surface area contributed by atoms with E-state index in [9.17, 15) is 19.7 Å². The van der Waals surface area contributed by atoms with E-state index in [-0.39, 0.29) is 23.7 Å². The Kier molecular flexibility index (Phi) is 7.81. The maximum Gasteiger partial charge on any atom is 0.293 e. The summed E-state index contributed by atoms with van der Waals surface area (Å²) in [6, 6.07) is 16.2. The molecule has 0 radical (unpaired) electrons. The first-order chi connectivity index (χ1) is 16.7. The molecule has 1 fully saturated rings. The highest BCUT2D eigenvalue weighted by Crippen LogP contribution is 2.35. The van der Waals surface area contributed by atoms with Gasteiger partial charge in [0.25, 0.3) is 16.8 Å². The molecular formula is C24H15BrCl2N2O5S. The molecule has 0 bridgehead atoms. The number of non-ortho nitro benzene ring substituents is 1.